The molecule has 1 saturated carbocycles. The average Bonchev–Trinajstić information content (AvgIpc) is 3.34. The fraction of sp³-hybridized carbons (Fsp3) is 0.333. The van der Waals surface area contributed by atoms with E-state index in [2.05, 4.69) is 45.7 Å². The van der Waals surface area contributed by atoms with E-state index in [0.717, 1.165) is 36.2 Å². The molecular formula is C21H22ClN3O. The van der Waals surface area contributed by atoms with Crippen LogP contribution in [0.15, 0.2) is 47.5 Å². The molecule has 1 aromatic rings. The van der Waals surface area contributed by atoms with Gasteiger partial charge >= 0.3 is 0 Å². The summed E-state index contributed by atoms with van der Waals surface area (Å²) in [6, 6.07) is 5.42. The fourth-order valence-electron chi connectivity index (χ4n) is 2.91. The largest absolute Gasteiger partial charge is 0.375 e. The Morgan fingerprint density at radius 3 is 2.92 bits per heavy atom. The van der Waals surface area contributed by atoms with E-state index < -0.39 is 0 Å². The third-order valence-corrected chi connectivity index (χ3v) is 4.62. The number of nitrogens with zero attached hydrogens (tertiary/aromatic N) is 1. The van der Waals surface area contributed by atoms with Gasteiger partial charge in [0.05, 0.1) is 30.0 Å². The first kappa shape index (κ1) is 18.3. The van der Waals surface area contributed by atoms with E-state index >= 15 is 0 Å². The molecule has 1 aromatic carbocycles. The first-order chi connectivity index (χ1) is 12.6. The van der Waals surface area contributed by atoms with Gasteiger partial charge in [-0.3, -0.25) is 9.79 Å². The maximum Gasteiger partial charge on any atom is 0.240 e. The van der Waals surface area contributed by atoms with Crippen LogP contribution in [0, 0.1) is 11.8 Å². The van der Waals surface area contributed by atoms with Crippen molar-refractivity contribution in [1.29, 1.82) is 0 Å². The molecule has 1 aliphatic heterocycles. The van der Waals surface area contributed by atoms with Gasteiger partial charge in [0, 0.05) is 10.6 Å². The summed E-state index contributed by atoms with van der Waals surface area (Å²) >= 11 is 6.02. The summed E-state index contributed by atoms with van der Waals surface area (Å²) in [5.74, 6) is 5.81. The van der Waals surface area contributed by atoms with Gasteiger partial charge in [-0.1, -0.05) is 35.7 Å². The highest BCUT2D eigenvalue weighted by atomic mass is 35.5. The quantitative estimate of drug-likeness (QED) is 0.615. The van der Waals surface area contributed by atoms with Crippen LogP contribution >= 0.6 is 11.6 Å². The third kappa shape index (κ3) is 4.56. The van der Waals surface area contributed by atoms with Crippen molar-refractivity contribution in [3.63, 3.8) is 0 Å². The zero-order chi connectivity index (χ0) is 18.4. The minimum absolute atomic E-state index is 0.0541. The molecule has 5 heteroatoms. The van der Waals surface area contributed by atoms with Crippen LogP contribution in [0.5, 0.6) is 0 Å². The Balaban J connectivity index is 1.63. The smallest absolute Gasteiger partial charge is 0.240 e. The zero-order valence-corrected chi connectivity index (χ0v) is 15.6. The number of allylic oxidation sites excluding steroid dienone is 2. The number of hydrogen-bond acceptors (Lipinski definition) is 3. The fourth-order valence-corrected chi connectivity index (χ4v) is 3.08. The average molecular weight is 368 g/mol. The Labute approximate surface area is 159 Å². The summed E-state index contributed by atoms with van der Waals surface area (Å²) in [7, 11) is 0. The van der Waals surface area contributed by atoms with Crippen LogP contribution in [0.4, 0.5) is 5.69 Å². The van der Waals surface area contributed by atoms with Crippen LogP contribution in [-0.2, 0) is 4.79 Å². The van der Waals surface area contributed by atoms with Gasteiger partial charge in [0.15, 0.2) is 0 Å². The van der Waals surface area contributed by atoms with Crippen molar-refractivity contribution in [3.8, 4) is 11.8 Å². The van der Waals surface area contributed by atoms with E-state index in [9.17, 15) is 4.79 Å². The molecule has 134 valence electrons. The van der Waals surface area contributed by atoms with Gasteiger partial charge < -0.3 is 10.6 Å². The minimum atomic E-state index is -0.299. The first-order valence-corrected chi connectivity index (χ1v) is 9.14. The molecule has 2 N–H and O–H groups in total. The number of anilines is 1. The maximum absolute atomic E-state index is 12.5. The van der Waals surface area contributed by atoms with E-state index in [1.807, 2.05) is 12.1 Å². The van der Waals surface area contributed by atoms with Gasteiger partial charge in [0.1, 0.15) is 0 Å². The Morgan fingerprint density at radius 2 is 2.15 bits per heavy atom. The molecule has 0 spiro atoms. The highest BCUT2D eigenvalue weighted by Gasteiger charge is 2.47. The summed E-state index contributed by atoms with van der Waals surface area (Å²) in [4.78, 5) is 17.1. The molecule has 3 rings (SSSR count). The lowest BCUT2D eigenvalue weighted by Crippen LogP contribution is -2.45. The molecule has 1 aliphatic carbocycles. The summed E-state index contributed by atoms with van der Waals surface area (Å²) in [5.41, 5.74) is 2.26. The van der Waals surface area contributed by atoms with Crippen molar-refractivity contribution in [2.45, 2.75) is 31.7 Å². The Hall–Kier alpha value is -2.51. The predicted molar refractivity (Wildman–Crippen MR) is 108 cm³/mol. The molecule has 0 radical (unpaired) electrons. The normalized spacial score (nSPS) is 18.5. The van der Waals surface area contributed by atoms with Gasteiger partial charge in [0.2, 0.25) is 5.91 Å². The highest BCUT2D eigenvalue weighted by molar-refractivity contribution is 6.30. The van der Waals surface area contributed by atoms with Crippen molar-refractivity contribution >= 4 is 28.9 Å². The van der Waals surface area contributed by atoms with Crippen molar-refractivity contribution in [2.24, 2.45) is 4.99 Å². The summed E-state index contributed by atoms with van der Waals surface area (Å²) in [6.45, 7) is 2.62. The predicted octanol–water partition coefficient (Wildman–Crippen LogP) is 3.73. The van der Waals surface area contributed by atoms with Gasteiger partial charge in [0.25, 0.3) is 0 Å². The van der Waals surface area contributed by atoms with Crippen LogP contribution in [-0.4, -0.2) is 30.2 Å². The molecule has 1 heterocycles. The second kappa shape index (κ2) is 8.25. The van der Waals surface area contributed by atoms with Crippen molar-refractivity contribution < 1.29 is 4.79 Å². The van der Waals surface area contributed by atoms with E-state index in [0.29, 0.717) is 11.6 Å². The second-order valence-electron chi connectivity index (χ2n) is 6.38. The number of benzene rings is 1. The van der Waals surface area contributed by atoms with E-state index in [1.165, 1.54) is 0 Å². The van der Waals surface area contributed by atoms with Crippen LogP contribution in [0.25, 0.3) is 0 Å². The van der Waals surface area contributed by atoms with Crippen LogP contribution in [0.2, 0.25) is 5.02 Å². The molecule has 0 atom stereocenters. The monoisotopic (exact) mass is 367 g/mol. The van der Waals surface area contributed by atoms with E-state index in [1.54, 1.807) is 19.1 Å². The molecule has 0 saturated heterocycles. The van der Waals surface area contributed by atoms with Gasteiger partial charge in [-0.05, 0) is 50.5 Å². The summed E-state index contributed by atoms with van der Waals surface area (Å²) in [6.07, 6.45) is 11.0. The van der Waals surface area contributed by atoms with E-state index in [-0.39, 0.29) is 18.0 Å². The number of halogens is 1. The van der Waals surface area contributed by atoms with Gasteiger partial charge in [-0.25, -0.2) is 0 Å². The number of hydrogen-bond donors (Lipinski definition) is 2. The number of carbonyl (C=O) groups is 1. The Bertz CT molecular complexity index is 839. The van der Waals surface area contributed by atoms with Crippen LogP contribution in [0.3, 0.4) is 0 Å². The lowest BCUT2D eigenvalue weighted by atomic mass is 10.1. The second-order valence-corrected chi connectivity index (χ2v) is 6.82. The van der Waals surface area contributed by atoms with Crippen LogP contribution < -0.4 is 10.6 Å². The topological polar surface area (TPSA) is 53.5 Å². The van der Waals surface area contributed by atoms with Crippen molar-refractivity contribution in [2.75, 3.05) is 18.4 Å². The molecular weight excluding hydrogens is 346 g/mol. The molecule has 4 nitrogen and oxygen atoms in total. The molecule has 0 bridgehead atoms. The van der Waals surface area contributed by atoms with Gasteiger partial charge in [-0.15, -0.1) is 5.92 Å². The van der Waals surface area contributed by atoms with E-state index in [4.69, 9.17) is 11.6 Å². The van der Waals surface area contributed by atoms with Crippen molar-refractivity contribution in [1.82, 2.24) is 5.32 Å². The number of amides is 1. The SMILES string of the molecule is CC#Cc1cc(Cl)ccc1NCC(=O)NC1(C2=NCC=CC/C=C\2)CC1. The molecule has 2 aliphatic rings. The lowest BCUT2D eigenvalue weighted by molar-refractivity contribution is -0.119. The number of carbonyl (C=O) groups excluding carboxylic acids is 1. The van der Waals surface area contributed by atoms with Gasteiger partial charge in [-0.2, -0.15) is 0 Å². The van der Waals surface area contributed by atoms with Crippen LogP contribution in [0.1, 0.15) is 31.7 Å². The maximum atomic E-state index is 12.5. The number of aliphatic imine (C=N–C) groups is 1. The molecule has 0 aromatic heterocycles. The zero-order valence-electron chi connectivity index (χ0n) is 14.8. The highest BCUT2D eigenvalue weighted by Crippen LogP contribution is 2.37. The summed E-state index contributed by atoms with van der Waals surface area (Å²) in [5, 5.41) is 6.93. The first-order valence-electron chi connectivity index (χ1n) is 8.77. The minimum Gasteiger partial charge on any atom is -0.375 e. The number of nitrogens with one attached hydrogen (secondary N) is 2. The standard InChI is InChI=1S/C21H22ClN3O/c1-2-7-16-14-17(22)9-10-18(16)24-15-20(26)25-21(11-12-21)19-8-5-3-4-6-13-23-19/h4-6,8-10,14,24H,3,11-13,15H2,1H3,(H,25,26)/b6-4?,8-5-,23-19?. The van der Waals surface area contributed by atoms with Crippen molar-refractivity contribution in [3.05, 3.63) is 53.1 Å². The number of rotatable bonds is 5. The Morgan fingerprint density at radius 1 is 1.31 bits per heavy atom. The summed E-state index contributed by atoms with van der Waals surface area (Å²) < 4.78 is 0. The molecule has 0 unspecified atom stereocenters. The third-order valence-electron chi connectivity index (χ3n) is 4.38. The molecule has 26 heavy (non-hydrogen) atoms. The Kier molecular flexibility index (Phi) is 5.80. The lowest BCUT2D eigenvalue weighted by Gasteiger charge is -2.19. The molecule has 1 fully saturated rings. The molecule has 1 amide bonds.